The summed E-state index contributed by atoms with van der Waals surface area (Å²) < 4.78 is 47.2. The minimum atomic E-state index is -4.76. The summed E-state index contributed by atoms with van der Waals surface area (Å²) in [6, 6.07) is 10.5. The smallest absolute Gasteiger partial charge is 0.465 e. The van der Waals surface area contributed by atoms with Crippen molar-refractivity contribution in [3.05, 3.63) is 58.5 Å². The van der Waals surface area contributed by atoms with E-state index in [1.54, 1.807) is 39.1 Å². The minimum absolute atomic E-state index is 0.0878. The molecule has 1 aromatic heterocycles. The predicted molar refractivity (Wildman–Crippen MR) is 104 cm³/mol. The highest BCUT2D eigenvalue weighted by Gasteiger charge is 2.31. The van der Waals surface area contributed by atoms with Crippen LogP contribution in [0.4, 0.5) is 13.2 Å². The van der Waals surface area contributed by atoms with Crippen molar-refractivity contribution in [2.24, 2.45) is 7.05 Å². The molecule has 2 aromatic carbocycles. The molecule has 0 spiro atoms. The molecule has 0 saturated carbocycles. The van der Waals surface area contributed by atoms with Crippen molar-refractivity contribution in [1.82, 2.24) is 9.55 Å². The first kappa shape index (κ1) is 21.4. The summed E-state index contributed by atoms with van der Waals surface area (Å²) in [4.78, 5) is 29.1. The Bertz CT molecular complexity index is 1140. The standard InChI is InChI=1S/C21H19F3N2O4/c1-4-29-20(28)12(2)18-19(27)26(3)17-11-14(7-10-16(17)25-18)13-5-8-15(9-6-13)30-21(22,23)24/h5-12H,4H2,1-3H3. The van der Waals surface area contributed by atoms with Crippen LogP contribution in [0, 0.1) is 0 Å². The third-order valence-electron chi connectivity index (χ3n) is 4.57. The summed E-state index contributed by atoms with van der Waals surface area (Å²) in [6.07, 6.45) is -4.76. The molecule has 0 fully saturated rings. The summed E-state index contributed by atoms with van der Waals surface area (Å²) in [5.74, 6) is -1.66. The van der Waals surface area contributed by atoms with Gasteiger partial charge in [0.2, 0.25) is 0 Å². The monoisotopic (exact) mass is 420 g/mol. The minimum Gasteiger partial charge on any atom is -0.465 e. The zero-order chi connectivity index (χ0) is 22.1. The summed E-state index contributed by atoms with van der Waals surface area (Å²) in [7, 11) is 1.57. The van der Waals surface area contributed by atoms with Crippen molar-refractivity contribution in [2.75, 3.05) is 6.61 Å². The lowest BCUT2D eigenvalue weighted by molar-refractivity contribution is -0.274. The van der Waals surface area contributed by atoms with Gasteiger partial charge in [0.15, 0.2) is 0 Å². The molecule has 0 radical (unpaired) electrons. The third kappa shape index (κ3) is 4.45. The van der Waals surface area contributed by atoms with Crippen LogP contribution in [0.25, 0.3) is 22.2 Å². The molecule has 0 amide bonds. The molecule has 0 N–H and O–H groups in total. The molecule has 158 valence electrons. The Morgan fingerprint density at radius 2 is 1.77 bits per heavy atom. The second-order valence-corrected chi connectivity index (χ2v) is 6.61. The lowest BCUT2D eigenvalue weighted by atomic mass is 10.0. The van der Waals surface area contributed by atoms with Crippen molar-refractivity contribution in [1.29, 1.82) is 0 Å². The highest BCUT2D eigenvalue weighted by atomic mass is 19.4. The molecule has 1 atom stereocenters. The maximum absolute atomic E-state index is 12.7. The van der Waals surface area contributed by atoms with Gasteiger partial charge < -0.3 is 14.0 Å². The predicted octanol–water partition coefficient (Wildman–Crippen LogP) is 4.17. The molecule has 0 aliphatic heterocycles. The fourth-order valence-corrected chi connectivity index (χ4v) is 3.03. The molecule has 0 aliphatic rings. The van der Waals surface area contributed by atoms with Crippen LogP contribution in [0.15, 0.2) is 47.3 Å². The quantitative estimate of drug-likeness (QED) is 0.580. The lowest BCUT2D eigenvalue weighted by Crippen LogP contribution is -2.28. The number of hydrogen-bond donors (Lipinski definition) is 0. The van der Waals surface area contributed by atoms with Crippen LogP contribution in [-0.2, 0) is 16.6 Å². The summed E-state index contributed by atoms with van der Waals surface area (Å²) in [6.45, 7) is 3.44. The Hall–Kier alpha value is -3.36. The van der Waals surface area contributed by atoms with Gasteiger partial charge in [-0.3, -0.25) is 9.59 Å². The van der Waals surface area contributed by atoms with E-state index in [0.717, 1.165) is 0 Å². The van der Waals surface area contributed by atoms with E-state index in [4.69, 9.17) is 4.74 Å². The zero-order valence-electron chi connectivity index (χ0n) is 16.5. The Morgan fingerprint density at radius 1 is 1.13 bits per heavy atom. The van der Waals surface area contributed by atoms with Gasteiger partial charge in [0.05, 0.1) is 17.6 Å². The Balaban J connectivity index is 1.99. The van der Waals surface area contributed by atoms with Gasteiger partial charge in [0, 0.05) is 7.05 Å². The van der Waals surface area contributed by atoms with E-state index in [0.29, 0.717) is 22.2 Å². The van der Waals surface area contributed by atoms with Gasteiger partial charge in [-0.25, -0.2) is 4.98 Å². The Labute approximate surface area is 169 Å². The second kappa shape index (κ2) is 8.17. The van der Waals surface area contributed by atoms with Crippen molar-refractivity contribution in [3.63, 3.8) is 0 Å². The molecule has 3 aromatic rings. The van der Waals surface area contributed by atoms with E-state index in [-0.39, 0.29) is 18.1 Å². The maximum Gasteiger partial charge on any atom is 0.573 e. The number of ether oxygens (including phenoxy) is 2. The number of fused-ring (bicyclic) bond motifs is 1. The lowest BCUT2D eigenvalue weighted by Gasteiger charge is -2.14. The number of rotatable bonds is 5. The number of benzene rings is 2. The van der Waals surface area contributed by atoms with Crippen molar-refractivity contribution in [3.8, 4) is 16.9 Å². The van der Waals surface area contributed by atoms with Crippen LogP contribution in [-0.4, -0.2) is 28.5 Å². The van der Waals surface area contributed by atoms with E-state index < -0.39 is 23.8 Å². The SMILES string of the molecule is CCOC(=O)C(C)c1nc2ccc(-c3ccc(OC(F)(F)F)cc3)cc2n(C)c1=O. The number of hydrogen-bond acceptors (Lipinski definition) is 5. The average Bonchev–Trinajstić information content (AvgIpc) is 2.69. The fraction of sp³-hybridized carbons (Fsp3) is 0.286. The number of alkyl halides is 3. The number of aromatic nitrogens is 2. The molecule has 1 unspecified atom stereocenters. The molecular weight excluding hydrogens is 401 g/mol. The van der Waals surface area contributed by atoms with Crippen molar-refractivity contribution in [2.45, 2.75) is 26.1 Å². The first-order valence-corrected chi connectivity index (χ1v) is 9.14. The summed E-state index contributed by atoms with van der Waals surface area (Å²) in [5, 5.41) is 0. The van der Waals surface area contributed by atoms with Crippen molar-refractivity contribution >= 4 is 17.0 Å². The molecule has 1 heterocycles. The molecule has 6 nitrogen and oxygen atoms in total. The molecular formula is C21H19F3N2O4. The second-order valence-electron chi connectivity index (χ2n) is 6.61. The van der Waals surface area contributed by atoms with Crippen LogP contribution < -0.4 is 10.3 Å². The number of halogens is 3. The Morgan fingerprint density at radius 3 is 2.37 bits per heavy atom. The van der Waals surface area contributed by atoms with Gasteiger partial charge >= 0.3 is 12.3 Å². The van der Waals surface area contributed by atoms with E-state index in [9.17, 15) is 22.8 Å². The highest BCUT2D eigenvalue weighted by molar-refractivity contribution is 5.83. The molecule has 0 saturated heterocycles. The van der Waals surface area contributed by atoms with Gasteiger partial charge in [-0.1, -0.05) is 18.2 Å². The fourth-order valence-electron chi connectivity index (χ4n) is 3.03. The van der Waals surface area contributed by atoms with Crippen LogP contribution in [0.3, 0.4) is 0 Å². The average molecular weight is 420 g/mol. The normalized spacial score (nSPS) is 12.6. The number of carbonyl (C=O) groups excluding carboxylic acids is 1. The highest BCUT2D eigenvalue weighted by Crippen LogP contribution is 2.28. The first-order chi connectivity index (χ1) is 14.1. The molecule has 0 aliphatic carbocycles. The topological polar surface area (TPSA) is 70.4 Å². The van der Waals surface area contributed by atoms with E-state index in [2.05, 4.69) is 9.72 Å². The first-order valence-electron chi connectivity index (χ1n) is 9.14. The van der Waals surface area contributed by atoms with Gasteiger partial charge in [-0.15, -0.1) is 13.2 Å². The largest absolute Gasteiger partial charge is 0.573 e. The van der Waals surface area contributed by atoms with Crippen LogP contribution in [0.1, 0.15) is 25.5 Å². The van der Waals surface area contributed by atoms with Crippen molar-refractivity contribution < 1.29 is 27.4 Å². The molecule has 3 rings (SSSR count). The third-order valence-corrected chi connectivity index (χ3v) is 4.57. The maximum atomic E-state index is 12.7. The van der Waals surface area contributed by atoms with Gasteiger partial charge in [0.25, 0.3) is 5.56 Å². The van der Waals surface area contributed by atoms with E-state index in [1.807, 2.05) is 0 Å². The van der Waals surface area contributed by atoms with E-state index in [1.165, 1.54) is 28.8 Å². The van der Waals surface area contributed by atoms with Gasteiger partial charge in [-0.05, 0) is 49.2 Å². The molecule has 30 heavy (non-hydrogen) atoms. The number of aryl methyl sites for hydroxylation is 1. The number of esters is 1. The van der Waals surface area contributed by atoms with Gasteiger partial charge in [0.1, 0.15) is 17.4 Å². The molecule has 0 bridgehead atoms. The van der Waals surface area contributed by atoms with Crippen LogP contribution in [0.2, 0.25) is 0 Å². The summed E-state index contributed by atoms with van der Waals surface area (Å²) in [5.41, 5.74) is 2.02. The number of carbonyl (C=O) groups is 1. The van der Waals surface area contributed by atoms with Crippen LogP contribution >= 0.6 is 0 Å². The Kier molecular flexibility index (Phi) is 5.82. The van der Waals surface area contributed by atoms with E-state index >= 15 is 0 Å². The van der Waals surface area contributed by atoms with Crippen LogP contribution in [0.5, 0.6) is 5.75 Å². The number of nitrogens with zero attached hydrogens (tertiary/aromatic N) is 2. The molecule has 9 heteroatoms. The summed E-state index contributed by atoms with van der Waals surface area (Å²) >= 11 is 0. The zero-order valence-corrected chi connectivity index (χ0v) is 16.5. The van der Waals surface area contributed by atoms with Gasteiger partial charge in [-0.2, -0.15) is 0 Å².